The van der Waals surface area contributed by atoms with E-state index in [9.17, 15) is 0 Å². The Kier molecular flexibility index (Phi) is 3.92. The lowest BCUT2D eigenvalue weighted by atomic mass is 10.0. The van der Waals surface area contributed by atoms with Crippen LogP contribution < -0.4 is 5.32 Å². The van der Waals surface area contributed by atoms with Crippen molar-refractivity contribution in [3.05, 3.63) is 51.0 Å². The highest BCUT2D eigenvalue weighted by molar-refractivity contribution is 7.09. The van der Waals surface area contributed by atoms with Gasteiger partial charge in [0.15, 0.2) is 0 Å². The topological polar surface area (TPSA) is 24.9 Å². The number of nitrogens with zero attached hydrogens (tertiary/aromatic N) is 1. The third-order valence-corrected chi connectivity index (χ3v) is 3.78. The van der Waals surface area contributed by atoms with Crippen molar-refractivity contribution in [3.63, 3.8) is 0 Å². The number of benzene rings is 1. The molecule has 0 saturated heterocycles. The van der Waals surface area contributed by atoms with Gasteiger partial charge < -0.3 is 5.32 Å². The molecule has 0 aliphatic rings. The van der Waals surface area contributed by atoms with Crippen LogP contribution in [0.1, 0.15) is 27.4 Å². The number of hydrogen-bond acceptors (Lipinski definition) is 3. The maximum Gasteiger partial charge on any atom is 0.0972 e. The van der Waals surface area contributed by atoms with E-state index < -0.39 is 0 Å². The minimum Gasteiger partial charge on any atom is -0.314 e. The van der Waals surface area contributed by atoms with Gasteiger partial charge >= 0.3 is 0 Å². The van der Waals surface area contributed by atoms with Gasteiger partial charge in [-0.3, -0.25) is 0 Å². The highest BCUT2D eigenvalue weighted by Gasteiger charge is 2.03. The fraction of sp³-hybridized carbons (Fsp3) is 0.357. The molecule has 0 aliphatic carbocycles. The summed E-state index contributed by atoms with van der Waals surface area (Å²) in [5, 5.41) is 6.45. The third kappa shape index (κ3) is 3.14. The van der Waals surface area contributed by atoms with Crippen LogP contribution >= 0.6 is 11.3 Å². The molecule has 1 N–H and O–H groups in total. The van der Waals surface area contributed by atoms with Crippen molar-refractivity contribution in [2.75, 3.05) is 7.05 Å². The second-order valence-electron chi connectivity index (χ2n) is 4.36. The summed E-state index contributed by atoms with van der Waals surface area (Å²) in [6, 6.07) is 6.64. The summed E-state index contributed by atoms with van der Waals surface area (Å²) in [6.07, 6.45) is 0.940. The Morgan fingerprint density at radius 3 is 2.76 bits per heavy atom. The normalized spacial score (nSPS) is 10.8. The second kappa shape index (κ2) is 5.43. The van der Waals surface area contributed by atoms with Crippen LogP contribution in [0.5, 0.6) is 0 Å². The van der Waals surface area contributed by atoms with Crippen LogP contribution in [0.15, 0.2) is 23.6 Å². The first-order chi connectivity index (χ1) is 8.19. The molecule has 3 heteroatoms. The highest BCUT2D eigenvalue weighted by atomic mass is 32.1. The summed E-state index contributed by atoms with van der Waals surface area (Å²) < 4.78 is 0. The van der Waals surface area contributed by atoms with Crippen LogP contribution in [0, 0.1) is 13.8 Å². The zero-order chi connectivity index (χ0) is 12.3. The molecular weight excluding hydrogens is 228 g/mol. The van der Waals surface area contributed by atoms with Crippen LogP contribution in [0.2, 0.25) is 0 Å². The molecule has 2 rings (SSSR count). The van der Waals surface area contributed by atoms with Crippen LogP contribution in [0.3, 0.4) is 0 Å². The molecule has 0 amide bonds. The predicted molar refractivity (Wildman–Crippen MR) is 73.6 cm³/mol. The minimum absolute atomic E-state index is 0.851. The smallest absolute Gasteiger partial charge is 0.0972 e. The lowest BCUT2D eigenvalue weighted by Crippen LogP contribution is -2.05. The third-order valence-electron chi connectivity index (χ3n) is 2.88. The van der Waals surface area contributed by atoms with Gasteiger partial charge in [0.2, 0.25) is 0 Å². The molecule has 0 bridgehead atoms. The number of aryl methyl sites for hydroxylation is 2. The van der Waals surface area contributed by atoms with E-state index in [1.807, 2.05) is 7.05 Å². The van der Waals surface area contributed by atoms with E-state index in [2.05, 4.69) is 47.7 Å². The molecule has 2 nitrogen and oxygen atoms in total. The van der Waals surface area contributed by atoms with Gasteiger partial charge in [-0.2, -0.15) is 0 Å². The summed E-state index contributed by atoms with van der Waals surface area (Å²) in [7, 11) is 1.95. The fourth-order valence-corrected chi connectivity index (χ4v) is 2.61. The Morgan fingerprint density at radius 2 is 2.06 bits per heavy atom. The van der Waals surface area contributed by atoms with Crippen molar-refractivity contribution < 1.29 is 0 Å². The van der Waals surface area contributed by atoms with E-state index in [0.29, 0.717) is 0 Å². The molecular formula is C14H18N2S. The van der Waals surface area contributed by atoms with Crippen molar-refractivity contribution in [2.24, 2.45) is 0 Å². The van der Waals surface area contributed by atoms with E-state index in [1.54, 1.807) is 11.3 Å². The Morgan fingerprint density at radius 1 is 1.24 bits per heavy atom. The zero-order valence-electron chi connectivity index (χ0n) is 10.6. The standard InChI is InChI=1S/C14H18N2S/c1-10-4-5-12(6-11(10)2)7-14-16-13(8-15-3)9-17-14/h4-6,9,15H,7-8H2,1-3H3. The van der Waals surface area contributed by atoms with Crippen molar-refractivity contribution in [1.82, 2.24) is 10.3 Å². The molecule has 0 saturated carbocycles. The van der Waals surface area contributed by atoms with Crippen molar-refractivity contribution in [2.45, 2.75) is 26.8 Å². The van der Waals surface area contributed by atoms with E-state index in [4.69, 9.17) is 0 Å². The van der Waals surface area contributed by atoms with Crippen molar-refractivity contribution in [1.29, 1.82) is 0 Å². The van der Waals surface area contributed by atoms with Crippen LogP contribution in [-0.2, 0) is 13.0 Å². The van der Waals surface area contributed by atoms with Gasteiger partial charge in [-0.15, -0.1) is 11.3 Å². The first-order valence-electron chi connectivity index (χ1n) is 5.83. The monoisotopic (exact) mass is 246 g/mol. The van der Waals surface area contributed by atoms with Gasteiger partial charge in [0.05, 0.1) is 10.7 Å². The molecule has 0 spiro atoms. The molecule has 0 radical (unpaired) electrons. The molecule has 17 heavy (non-hydrogen) atoms. The quantitative estimate of drug-likeness (QED) is 0.897. The van der Waals surface area contributed by atoms with E-state index in [-0.39, 0.29) is 0 Å². The highest BCUT2D eigenvalue weighted by Crippen LogP contribution is 2.17. The predicted octanol–water partition coefficient (Wildman–Crippen LogP) is 3.07. The van der Waals surface area contributed by atoms with Gasteiger partial charge in [0.25, 0.3) is 0 Å². The maximum atomic E-state index is 4.60. The van der Waals surface area contributed by atoms with Gasteiger partial charge in [0, 0.05) is 18.3 Å². The molecule has 1 heterocycles. The Balaban J connectivity index is 2.11. The van der Waals surface area contributed by atoms with Crippen LogP contribution in [-0.4, -0.2) is 12.0 Å². The average molecular weight is 246 g/mol. The minimum atomic E-state index is 0.851. The van der Waals surface area contributed by atoms with Gasteiger partial charge in [-0.05, 0) is 37.6 Å². The van der Waals surface area contributed by atoms with Gasteiger partial charge in [0.1, 0.15) is 0 Å². The Labute approximate surface area is 107 Å². The molecule has 1 aromatic carbocycles. The Hall–Kier alpha value is -1.19. The second-order valence-corrected chi connectivity index (χ2v) is 5.30. The summed E-state index contributed by atoms with van der Waals surface area (Å²) in [4.78, 5) is 4.60. The number of hydrogen-bond donors (Lipinski definition) is 1. The first kappa shape index (κ1) is 12.3. The van der Waals surface area contributed by atoms with Gasteiger partial charge in [-0.25, -0.2) is 4.98 Å². The van der Waals surface area contributed by atoms with E-state index in [1.165, 1.54) is 21.7 Å². The molecule has 2 aromatic rings. The number of rotatable bonds is 4. The average Bonchev–Trinajstić information content (AvgIpc) is 2.72. The summed E-state index contributed by atoms with van der Waals surface area (Å²) in [5.74, 6) is 0. The number of thiazole rings is 1. The molecule has 0 aliphatic heterocycles. The fourth-order valence-electron chi connectivity index (χ4n) is 1.78. The molecule has 90 valence electrons. The SMILES string of the molecule is CNCc1csc(Cc2ccc(C)c(C)c2)n1. The van der Waals surface area contributed by atoms with Crippen molar-refractivity contribution >= 4 is 11.3 Å². The van der Waals surface area contributed by atoms with Gasteiger partial charge in [-0.1, -0.05) is 18.2 Å². The lowest BCUT2D eigenvalue weighted by molar-refractivity contribution is 0.793. The van der Waals surface area contributed by atoms with Crippen LogP contribution in [0.4, 0.5) is 0 Å². The maximum absolute atomic E-state index is 4.60. The van der Waals surface area contributed by atoms with E-state index in [0.717, 1.165) is 18.7 Å². The Bertz CT molecular complexity index is 503. The summed E-state index contributed by atoms with van der Waals surface area (Å²) >= 11 is 1.74. The van der Waals surface area contributed by atoms with E-state index >= 15 is 0 Å². The van der Waals surface area contributed by atoms with Crippen LogP contribution in [0.25, 0.3) is 0 Å². The number of nitrogens with one attached hydrogen (secondary N) is 1. The molecule has 0 fully saturated rings. The molecule has 0 atom stereocenters. The summed E-state index contributed by atoms with van der Waals surface area (Å²) in [5.41, 5.74) is 5.19. The largest absolute Gasteiger partial charge is 0.314 e. The molecule has 1 aromatic heterocycles. The zero-order valence-corrected chi connectivity index (χ0v) is 11.4. The summed E-state index contributed by atoms with van der Waals surface area (Å²) in [6.45, 7) is 5.16. The number of aromatic nitrogens is 1. The first-order valence-corrected chi connectivity index (χ1v) is 6.71. The lowest BCUT2D eigenvalue weighted by Gasteiger charge is -2.03. The van der Waals surface area contributed by atoms with Crippen molar-refractivity contribution in [3.8, 4) is 0 Å². The molecule has 0 unspecified atom stereocenters.